The maximum atomic E-state index is 14.0. The average Bonchev–Trinajstić information content (AvgIpc) is 2.48. The molecular weight excluding hydrogens is 285 g/mol. The van der Waals surface area contributed by atoms with Gasteiger partial charge in [0.1, 0.15) is 5.82 Å². The summed E-state index contributed by atoms with van der Waals surface area (Å²) in [6, 6.07) is 14.1. The zero-order valence-electron chi connectivity index (χ0n) is 12.1. The minimum atomic E-state index is -0.284. The van der Waals surface area contributed by atoms with E-state index in [2.05, 4.69) is 29.6 Å². The molecular formula is C18H19ClFN. The quantitative estimate of drug-likeness (QED) is 0.866. The van der Waals surface area contributed by atoms with Crippen molar-refractivity contribution >= 4 is 11.6 Å². The molecule has 2 unspecified atom stereocenters. The number of rotatable bonds is 5. The van der Waals surface area contributed by atoms with Gasteiger partial charge in [-0.25, -0.2) is 4.39 Å². The normalized spacial score (nSPS) is 18.0. The second-order valence-electron chi connectivity index (χ2n) is 5.74. The molecule has 3 rings (SSSR count). The summed E-state index contributed by atoms with van der Waals surface area (Å²) in [6.45, 7) is 0. The second-order valence-corrected chi connectivity index (χ2v) is 6.15. The Balaban J connectivity index is 1.68. The van der Waals surface area contributed by atoms with Crippen LogP contribution in [0.25, 0.3) is 0 Å². The first kappa shape index (κ1) is 14.6. The Hall–Kier alpha value is -1.38. The Kier molecular flexibility index (Phi) is 4.27. The van der Waals surface area contributed by atoms with Crippen molar-refractivity contribution in [1.82, 2.24) is 5.32 Å². The van der Waals surface area contributed by atoms with Gasteiger partial charge < -0.3 is 5.32 Å². The van der Waals surface area contributed by atoms with Crippen LogP contribution in [0.15, 0.2) is 42.5 Å². The molecule has 0 bridgehead atoms. The lowest BCUT2D eigenvalue weighted by molar-refractivity contribution is 0.433. The van der Waals surface area contributed by atoms with E-state index in [1.165, 1.54) is 11.1 Å². The highest BCUT2D eigenvalue weighted by molar-refractivity contribution is 6.30. The average molecular weight is 304 g/mol. The predicted molar refractivity (Wildman–Crippen MR) is 85.5 cm³/mol. The van der Waals surface area contributed by atoms with Crippen molar-refractivity contribution in [3.63, 3.8) is 0 Å². The van der Waals surface area contributed by atoms with Crippen molar-refractivity contribution in [2.24, 2.45) is 0 Å². The van der Waals surface area contributed by atoms with Crippen LogP contribution in [0, 0.1) is 5.82 Å². The highest BCUT2D eigenvalue weighted by atomic mass is 35.5. The zero-order chi connectivity index (χ0) is 14.8. The van der Waals surface area contributed by atoms with Crippen LogP contribution >= 0.6 is 11.6 Å². The maximum absolute atomic E-state index is 14.0. The van der Waals surface area contributed by atoms with E-state index < -0.39 is 0 Å². The van der Waals surface area contributed by atoms with Gasteiger partial charge in [0.15, 0.2) is 0 Å². The van der Waals surface area contributed by atoms with Crippen LogP contribution in [0.2, 0.25) is 5.02 Å². The molecule has 0 saturated carbocycles. The number of hydrogen-bond donors (Lipinski definition) is 1. The van der Waals surface area contributed by atoms with E-state index in [4.69, 9.17) is 11.6 Å². The number of nitrogens with one attached hydrogen (secondary N) is 1. The van der Waals surface area contributed by atoms with Gasteiger partial charge >= 0.3 is 0 Å². The summed E-state index contributed by atoms with van der Waals surface area (Å²) in [5, 5.41) is 3.52. The van der Waals surface area contributed by atoms with Gasteiger partial charge in [0.25, 0.3) is 0 Å². The van der Waals surface area contributed by atoms with Crippen molar-refractivity contribution in [2.75, 3.05) is 7.05 Å². The fourth-order valence-corrected chi connectivity index (χ4v) is 3.39. The Morgan fingerprint density at radius 2 is 2.05 bits per heavy atom. The molecule has 1 aliphatic rings. The van der Waals surface area contributed by atoms with Crippen molar-refractivity contribution in [3.05, 3.63) is 70.0 Å². The van der Waals surface area contributed by atoms with Crippen LogP contribution in [0.1, 0.15) is 29.0 Å². The van der Waals surface area contributed by atoms with Gasteiger partial charge in [0.2, 0.25) is 0 Å². The zero-order valence-corrected chi connectivity index (χ0v) is 12.8. The highest BCUT2D eigenvalue weighted by Gasteiger charge is 2.28. The summed E-state index contributed by atoms with van der Waals surface area (Å²) < 4.78 is 14.0. The molecule has 2 atom stereocenters. The summed E-state index contributed by atoms with van der Waals surface area (Å²) in [6.07, 6.45) is 2.83. The second kappa shape index (κ2) is 6.17. The van der Waals surface area contributed by atoms with Crippen LogP contribution in [-0.2, 0) is 12.8 Å². The highest BCUT2D eigenvalue weighted by Crippen LogP contribution is 2.38. The summed E-state index contributed by atoms with van der Waals surface area (Å²) in [7, 11) is 1.94. The molecule has 0 spiro atoms. The molecule has 21 heavy (non-hydrogen) atoms. The molecule has 0 saturated heterocycles. The van der Waals surface area contributed by atoms with E-state index in [1.54, 1.807) is 6.07 Å². The van der Waals surface area contributed by atoms with Crippen molar-refractivity contribution in [1.29, 1.82) is 0 Å². The lowest BCUT2D eigenvalue weighted by Gasteiger charge is -2.33. The van der Waals surface area contributed by atoms with Gasteiger partial charge in [-0.1, -0.05) is 48.0 Å². The van der Waals surface area contributed by atoms with Crippen LogP contribution in [0.3, 0.4) is 0 Å². The maximum Gasteiger partial charge on any atom is 0.145 e. The summed E-state index contributed by atoms with van der Waals surface area (Å²) >= 11 is 5.86. The molecule has 0 fully saturated rings. The fraction of sp³-hybridized carbons (Fsp3) is 0.333. The first-order valence-electron chi connectivity index (χ1n) is 7.37. The third-order valence-electron chi connectivity index (χ3n) is 4.44. The van der Waals surface area contributed by atoms with Crippen molar-refractivity contribution < 1.29 is 4.39 Å². The molecule has 2 aromatic carbocycles. The van der Waals surface area contributed by atoms with E-state index in [9.17, 15) is 4.39 Å². The largest absolute Gasteiger partial charge is 0.317 e. The molecule has 0 amide bonds. The molecule has 0 radical (unpaired) electrons. The summed E-state index contributed by atoms with van der Waals surface area (Å²) in [4.78, 5) is 0. The van der Waals surface area contributed by atoms with Gasteiger partial charge in [-0.3, -0.25) is 0 Å². The third kappa shape index (κ3) is 2.97. The van der Waals surface area contributed by atoms with Crippen LogP contribution < -0.4 is 5.32 Å². The van der Waals surface area contributed by atoms with Gasteiger partial charge in [0.05, 0.1) is 5.02 Å². The monoisotopic (exact) mass is 303 g/mol. The molecule has 2 aromatic rings. The van der Waals surface area contributed by atoms with Gasteiger partial charge in [-0.2, -0.15) is 0 Å². The van der Waals surface area contributed by atoms with E-state index >= 15 is 0 Å². The molecule has 1 aliphatic carbocycles. The Labute approximate surface area is 130 Å². The molecule has 0 aromatic heterocycles. The standard InChI is InChI=1S/C18H19ClFN/c1-21-15(10-13-6-4-8-17(19)18(13)20)11-14-9-12-5-2-3-7-16(12)14/h2-8,14-15,21H,9-11H2,1H3. The number of hydrogen-bond acceptors (Lipinski definition) is 1. The van der Waals surface area contributed by atoms with Gasteiger partial charge in [-0.15, -0.1) is 0 Å². The lowest BCUT2D eigenvalue weighted by Crippen LogP contribution is -2.32. The first-order valence-corrected chi connectivity index (χ1v) is 7.74. The molecule has 1 nitrogen and oxygen atoms in total. The minimum absolute atomic E-state index is 0.205. The Bertz CT molecular complexity index is 641. The molecule has 110 valence electrons. The number of fused-ring (bicyclic) bond motifs is 1. The summed E-state index contributed by atoms with van der Waals surface area (Å²) in [5.41, 5.74) is 3.59. The lowest BCUT2D eigenvalue weighted by atomic mass is 9.74. The molecule has 0 aliphatic heterocycles. The Morgan fingerprint density at radius 1 is 1.24 bits per heavy atom. The minimum Gasteiger partial charge on any atom is -0.317 e. The summed E-state index contributed by atoms with van der Waals surface area (Å²) in [5.74, 6) is 0.300. The number of likely N-dealkylation sites (N-methyl/N-ethyl adjacent to an activating group) is 1. The SMILES string of the molecule is CNC(Cc1cccc(Cl)c1F)CC1Cc2ccccc21. The van der Waals surface area contributed by atoms with E-state index in [1.807, 2.05) is 19.2 Å². The van der Waals surface area contributed by atoms with Gasteiger partial charge in [-0.05, 0) is 55.0 Å². The predicted octanol–water partition coefficient (Wildman–Crippen LogP) is 4.34. The number of benzene rings is 2. The smallest absolute Gasteiger partial charge is 0.145 e. The first-order chi connectivity index (χ1) is 10.2. The Morgan fingerprint density at radius 3 is 2.81 bits per heavy atom. The van der Waals surface area contributed by atoms with E-state index in [0.29, 0.717) is 17.9 Å². The van der Waals surface area contributed by atoms with Crippen LogP contribution in [0.5, 0.6) is 0 Å². The number of halogens is 2. The molecule has 3 heteroatoms. The van der Waals surface area contributed by atoms with E-state index in [-0.39, 0.29) is 16.9 Å². The third-order valence-corrected chi connectivity index (χ3v) is 4.73. The van der Waals surface area contributed by atoms with Gasteiger partial charge in [0, 0.05) is 6.04 Å². The molecule has 0 heterocycles. The fourth-order valence-electron chi connectivity index (χ4n) is 3.19. The molecule has 1 N–H and O–H groups in total. The topological polar surface area (TPSA) is 12.0 Å². The van der Waals surface area contributed by atoms with E-state index in [0.717, 1.165) is 12.8 Å². The van der Waals surface area contributed by atoms with Crippen molar-refractivity contribution in [3.8, 4) is 0 Å². The van der Waals surface area contributed by atoms with Crippen LogP contribution in [-0.4, -0.2) is 13.1 Å². The van der Waals surface area contributed by atoms with Crippen molar-refractivity contribution in [2.45, 2.75) is 31.2 Å². The van der Waals surface area contributed by atoms with Crippen LogP contribution in [0.4, 0.5) is 4.39 Å².